The minimum Gasteiger partial charge on any atom is -0.0917 e. The molecule has 0 saturated carbocycles. The summed E-state index contributed by atoms with van der Waals surface area (Å²) in [5, 5.41) is 0. The molecule has 1 aromatic carbocycles. The molecule has 0 radical (unpaired) electrons. The van der Waals surface area contributed by atoms with Gasteiger partial charge in [0.15, 0.2) is 0 Å². The Kier molecular flexibility index (Phi) is 89.4. The molecule has 0 fully saturated rings. The monoisotopic (exact) mass is 1750 g/mol. The predicted molar refractivity (Wildman–Crippen MR) is 580 cm³/mol. The number of hydrogen-bond acceptors (Lipinski definition) is 0. The molecule has 3 aliphatic rings. The van der Waals surface area contributed by atoms with Crippen LogP contribution in [0.3, 0.4) is 0 Å². The summed E-state index contributed by atoms with van der Waals surface area (Å²) in [4.78, 5) is 0. The molecule has 0 aliphatic heterocycles. The van der Waals surface area contributed by atoms with E-state index in [9.17, 15) is 0 Å². The summed E-state index contributed by atoms with van der Waals surface area (Å²) in [5.74, 6) is 8.46. The lowest BCUT2D eigenvalue weighted by molar-refractivity contribution is 0.160. The van der Waals surface area contributed by atoms with Gasteiger partial charge < -0.3 is 0 Å². The topological polar surface area (TPSA) is 0 Å². The lowest BCUT2D eigenvalue weighted by Crippen LogP contribution is -2.31. The first-order chi connectivity index (χ1) is 62.1. The zero-order valence-electron chi connectivity index (χ0n) is 89.4. The van der Waals surface area contributed by atoms with Gasteiger partial charge in [-0.1, -0.05) is 553 Å². The Hall–Kier alpha value is -2.60. The predicted octanol–water partition coefficient (Wildman–Crippen LogP) is 44.6. The average molecular weight is 1750 g/mol. The highest BCUT2D eigenvalue weighted by Gasteiger charge is 2.37. The molecule has 1 aromatic rings. The molecular weight excluding hydrogens is 1510 g/mol. The highest BCUT2D eigenvalue weighted by Crippen LogP contribution is 2.48. The van der Waals surface area contributed by atoms with E-state index >= 15 is 0 Å². The largest absolute Gasteiger partial charge is 0.0917 e. The van der Waals surface area contributed by atoms with Crippen molar-refractivity contribution in [3.8, 4) is 0 Å². The normalized spacial score (nSPS) is 19.0. The van der Waals surface area contributed by atoms with Crippen molar-refractivity contribution in [2.45, 2.75) is 624 Å². The summed E-state index contributed by atoms with van der Waals surface area (Å²) in [5.41, 5.74) is 10.7. The van der Waals surface area contributed by atoms with Gasteiger partial charge >= 0.3 is 0 Å². The Labute approximate surface area is 796 Å². The first kappa shape index (κ1) is 121. The van der Waals surface area contributed by atoms with Crippen molar-refractivity contribution >= 4 is 0 Å². The summed E-state index contributed by atoms with van der Waals surface area (Å²) in [6, 6.07) is 5.11. The van der Waals surface area contributed by atoms with Gasteiger partial charge in [0.1, 0.15) is 0 Å². The Morgan fingerprint density at radius 1 is 0.302 bits per heavy atom. The van der Waals surface area contributed by atoms with Crippen LogP contribution in [0.4, 0.5) is 0 Å². The fourth-order valence-corrected chi connectivity index (χ4v) is 22.0. The molecule has 736 valence electrons. The second kappa shape index (κ2) is 92.8. The smallest absolute Gasteiger partial charge is 0.00173 e. The first-order valence-corrected chi connectivity index (χ1v) is 58.8. The fraction of sp³-hybridized carbons (Fsp3) is 0.841. The SMILES string of the molecule is C/C=C/C/C=C(/CCCCCCCC)C(CC/C=C/CCCCC)CCCCCCCC.C/C=C/CC1C(CCCCCC)C=CC(CCCCCCC)C1CCCCCCC.CCCCCCCC1C=CC2CC(C)C(CCCCC)C=C2C1CCCCCCC.CCCCCCCCc1c(CCCCCC)ccc(CCCCCCC)c1CCCCCCC. The van der Waals surface area contributed by atoms with Crippen molar-refractivity contribution in [2.75, 3.05) is 0 Å². The molecule has 10 atom stereocenters. The molecule has 0 nitrogen and oxygen atoms in total. The molecule has 0 amide bonds. The van der Waals surface area contributed by atoms with E-state index in [0.29, 0.717) is 0 Å². The third-order valence-corrected chi connectivity index (χ3v) is 30.3. The maximum atomic E-state index is 2.82. The molecule has 0 heteroatoms. The summed E-state index contributed by atoms with van der Waals surface area (Å²) in [6.07, 6.45) is 142. The molecule has 0 aromatic heterocycles. The van der Waals surface area contributed by atoms with Gasteiger partial charge in [-0.25, -0.2) is 0 Å². The molecule has 0 bridgehead atoms. The maximum Gasteiger partial charge on any atom is -0.00173 e. The number of hydrogen-bond donors (Lipinski definition) is 0. The highest BCUT2D eigenvalue weighted by atomic mass is 14.4. The van der Waals surface area contributed by atoms with Gasteiger partial charge in [-0.05, 0) is 249 Å². The van der Waals surface area contributed by atoms with Crippen LogP contribution in [0, 0.1) is 59.2 Å². The quantitative estimate of drug-likeness (QED) is 0.0450. The van der Waals surface area contributed by atoms with Crippen LogP contribution in [0.2, 0.25) is 0 Å². The fourth-order valence-electron chi connectivity index (χ4n) is 22.0. The molecule has 10 unspecified atom stereocenters. The zero-order valence-corrected chi connectivity index (χ0v) is 89.4. The van der Waals surface area contributed by atoms with E-state index in [0.717, 1.165) is 65.6 Å². The third-order valence-electron chi connectivity index (χ3n) is 30.3. The molecule has 126 heavy (non-hydrogen) atoms. The van der Waals surface area contributed by atoms with Crippen LogP contribution in [0.5, 0.6) is 0 Å². The minimum absolute atomic E-state index is 0.763. The zero-order chi connectivity index (χ0) is 91.7. The number of benzene rings is 1. The molecule has 0 heterocycles. The minimum atomic E-state index is 0.763. The lowest BCUT2D eigenvalue weighted by atomic mass is 9.64. The van der Waals surface area contributed by atoms with Gasteiger partial charge in [-0.15, -0.1) is 0 Å². The summed E-state index contributed by atoms with van der Waals surface area (Å²) >= 11 is 0. The van der Waals surface area contributed by atoms with Crippen LogP contribution in [0.1, 0.15) is 621 Å². The second-order valence-corrected chi connectivity index (χ2v) is 41.7. The summed E-state index contributed by atoms with van der Waals surface area (Å²) in [7, 11) is 0. The van der Waals surface area contributed by atoms with Crippen molar-refractivity contribution < 1.29 is 0 Å². The number of fused-ring (bicyclic) bond motifs is 1. The Balaban J connectivity index is 0.000000841. The van der Waals surface area contributed by atoms with Gasteiger partial charge in [0, 0.05) is 0 Å². The molecule has 0 N–H and O–H groups in total. The number of unbranched alkanes of at least 4 members (excludes halogenated alkanes) is 50. The van der Waals surface area contributed by atoms with Gasteiger partial charge in [-0.2, -0.15) is 0 Å². The van der Waals surface area contributed by atoms with E-state index in [-0.39, 0.29) is 0 Å². The van der Waals surface area contributed by atoms with Gasteiger partial charge in [-0.3, -0.25) is 0 Å². The van der Waals surface area contributed by atoms with Crippen LogP contribution in [0.25, 0.3) is 0 Å². The standard InChI is InChI=1S/C34H62.C32H60.C30H54.C30H56/c1-5-9-13-17-20-24-28-34-31(25-21-16-12-8-4)29-30-32(26-22-18-14-10-6-2)33(34)27-23-19-15-11-7-3;1-5-9-13-16-19-22-26-30-32(29-25-21-18-15-11-7-3)31(27-23-12-8-4)28-24-20-17-14-10-6-2;1-5-8-11-13-16-18-26-21-22-28-23-25(4)27(19-15-10-7-3)24-30(28)29(26)20-17-14-12-9-6-2;1-5-9-13-16-19-22-28-26-25-27(21-18-15-11-7-3)29(23-12-8-4)30(28)24-20-17-14-10-6-2/h29-30H,5-28H2,1-4H3;8,12,19,22,27,32H,5-7,9-11,13-18,20-21,23-26,28-30H2,1-4H3;21-22,24-29H,5-20,23H2,1-4H3;8,12,25-30H,5-7,9-11,13-24H2,1-4H3/b;12-8+,22-19+,31-27-;;12-8+. The van der Waals surface area contributed by atoms with Crippen molar-refractivity contribution in [3.63, 3.8) is 0 Å². The molecule has 3 aliphatic carbocycles. The van der Waals surface area contributed by atoms with E-state index in [2.05, 4.69) is 196 Å². The summed E-state index contributed by atoms with van der Waals surface area (Å²) in [6.45, 7) is 37.1. The van der Waals surface area contributed by atoms with E-state index in [1.807, 2.05) is 5.57 Å². The molecule has 0 saturated heterocycles. The summed E-state index contributed by atoms with van der Waals surface area (Å²) < 4.78 is 0. The van der Waals surface area contributed by atoms with Gasteiger partial charge in [0.05, 0.1) is 0 Å². The Morgan fingerprint density at radius 3 is 1.11 bits per heavy atom. The molecular formula is C126H232. The lowest BCUT2D eigenvalue weighted by Gasteiger charge is -2.41. The Bertz CT molecular complexity index is 2620. The number of aryl methyl sites for hydroxylation is 2. The van der Waals surface area contributed by atoms with Gasteiger partial charge in [0.2, 0.25) is 0 Å². The molecule has 0 spiro atoms. The molecule has 4 rings (SSSR count). The number of rotatable bonds is 83. The van der Waals surface area contributed by atoms with Crippen LogP contribution in [0.15, 0.2) is 96.2 Å². The first-order valence-electron chi connectivity index (χ1n) is 58.8. The van der Waals surface area contributed by atoms with Gasteiger partial charge in [0.25, 0.3) is 0 Å². The second-order valence-electron chi connectivity index (χ2n) is 41.7. The van der Waals surface area contributed by atoms with Crippen LogP contribution in [-0.4, -0.2) is 0 Å². The van der Waals surface area contributed by atoms with Crippen LogP contribution < -0.4 is 0 Å². The van der Waals surface area contributed by atoms with Crippen LogP contribution in [-0.2, 0) is 25.7 Å². The van der Waals surface area contributed by atoms with E-state index in [1.165, 1.54) is 507 Å². The van der Waals surface area contributed by atoms with Crippen molar-refractivity contribution in [1.82, 2.24) is 0 Å². The third kappa shape index (κ3) is 64.3. The van der Waals surface area contributed by atoms with E-state index < -0.39 is 0 Å². The highest BCUT2D eigenvalue weighted by molar-refractivity contribution is 5.42. The van der Waals surface area contributed by atoms with Crippen molar-refractivity contribution in [1.29, 1.82) is 0 Å². The average Bonchev–Trinajstić information content (AvgIpc) is 0.733. The Morgan fingerprint density at radius 2 is 0.643 bits per heavy atom. The number of allylic oxidation sites excluding steroid dienone is 14. The van der Waals surface area contributed by atoms with Crippen molar-refractivity contribution in [3.05, 3.63) is 118 Å². The van der Waals surface area contributed by atoms with Crippen LogP contribution >= 0.6 is 0 Å². The van der Waals surface area contributed by atoms with Crippen molar-refractivity contribution in [2.24, 2.45) is 59.2 Å². The maximum absolute atomic E-state index is 2.82. The van der Waals surface area contributed by atoms with E-state index in [1.54, 1.807) is 27.8 Å². The van der Waals surface area contributed by atoms with E-state index in [4.69, 9.17) is 0 Å².